The molecule has 0 radical (unpaired) electrons. The second kappa shape index (κ2) is 5.12. The number of carbonyl (C=O) groups is 1. The molecule has 1 aliphatic carbocycles. The normalized spacial score (nSPS) is 14.8. The first-order valence-corrected chi connectivity index (χ1v) is 5.82. The van der Waals surface area contributed by atoms with E-state index in [1.165, 1.54) is 12.8 Å². The molecule has 1 saturated carbocycles. The van der Waals surface area contributed by atoms with Crippen LogP contribution < -0.4 is 11.1 Å². The van der Waals surface area contributed by atoms with Gasteiger partial charge in [-0.3, -0.25) is 4.79 Å². The third kappa shape index (κ3) is 3.35. The zero-order chi connectivity index (χ0) is 11.4. The SMILES string of the molecule is NCc1ccc(CC(=O)NCC2CC2)cc1. The highest BCUT2D eigenvalue weighted by molar-refractivity contribution is 5.78. The maximum Gasteiger partial charge on any atom is 0.224 e. The number of amides is 1. The van der Waals surface area contributed by atoms with E-state index in [4.69, 9.17) is 5.73 Å². The largest absolute Gasteiger partial charge is 0.356 e. The fourth-order valence-electron chi connectivity index (χ4n) is 1.62. The lowest BCUT2D eigenvalue weighted by Gasteiger charge is -2.04. The molecule has 16 heavy (non-hydrogen) atoms. The van der Waals surface area contributed by atoms with E-state index in [1.54, 1.807) is 0 Å². The van der Waals surface area contributed by atoms with E-state index >= 15 is 0 Å². The summed E-state index contributed by atoms with van der Waals surface area (Å²) in [6, 6.07) is 7.89. The van der Waals surface area contributed by atoms with Crippen LogP contribution in [0.4, 0.5) is 0 Å². The van der Waals surface area contributed by atoms with Gasteiger partial charge in [0, 0.05) is 13.1 Å². The Hall–Kier alpha value is -1.35. The smallest absolute Gasteiger partial charge is 0.224 e. The Balaban J connectivity index is 1.79. The molecular formula is C13H18N2O. The summed E-state index contributed by atoms with van der Waals surface area (Å²) >= 11 is 0. The van der Waals surface area contributed by atoms with Crippen molar-refractivity contribution >= 4 is 5.91 Å². The first-order chi connectivity index (χ1) is 7.78. The van der Waals surface area contributed by atoms with E-state index in [9.17, 15) is 4.79 Å². The van der Waals surface area contributed by atoms with Crippen LogP contribution in [0.2, 0.25) is 0 Å². The lowest BCUT2D eigenvalue weighted by atomic mass is 10.1. The molecular weight excluding hydrogens is 200 g/mol. The molecule has 0 unspecified atom stereocenters. The molecule has 1 aromatic carbocycles. The van der Waals surface area contributed by atoms with E-state index < -0.39 is 0 Å². The molecule has 1 amide bonds. The van der Waals surface area contributed by atoms with Crippen LogP contribution in [-0.2, 0) is 17.8 Å². The van der Waals surface area contributed by atoms with Gasteiger partial charge in [0.05, 0.1) is 6.42 Å². The maximum absolute atomic E-state index is 11.6. The van der Waals surface area contributed by atoms with Gasteiger partial charge >= 0.3 is 0 Å². The summed E-state index contributed by atoms with van der Waals surface area (Å²) in [4.78, 5) is 11.6. The molecule has 0 bridgehead atoms. The minimum absolute atomic E-state index is 0.118. The highest BCUT2D eigenvalue weighted by atomic mass is 16.1. The second-order valence-corrected chi connectivity index (χ2v) is 4.44. The highest BCUT2D eigenvalue weighted by Gasteiger charge is 2.21. The van der Waals surface area contributed by atoms with Crippen molar-refractivity contribution < 1.29 is 4.79 Å². The number of benzene rings is 1. The van der Waals surface area contributed by atoms with Crippen molar-refractivity contribution in [2.45, 2.75) is 25.8 Å². The monoisotopic (exact) mass is 218 g/mol. The fourth-order valence-corrected chi connectivity index (χ4v) is 1.62. The van der Waals surface area contributed by atoms with E-state index in [-0.39, 0.29) is 5.91 Å². The maximum atomic E-state index is 11.6. The summed E-state index contributed by atoms with van der Waals surface area (Å²) in [6.07, 6.45) is 3.01. The molecule has 0 atom stereocenters. The van der Waals surface area contributed by atoms with Crippen molar-refractivity contribution in [3.8, 4) is 0 Å². The van der Waals surface area contributed by atoms with Crippen LogP contribution in [-0.4, -0.2) is 12.5 Å². The van der Waals surface area contributed by atoms with Gasteiger partial charge in [-0.2, -0.15) is 0 Å². The van der Waals surface area contributed by atoms with Crippen molar-refractivity contribution in [1.29, 1.82) is 0 Å². The fraction of sp³-hybridized carbons (Fsp3) is 0.462. The van der Waals surface area contributed by atoms with Crippen LogP contribution in [0.25, 0.3) is 0 Å². The topological polar surface area (TPSA) is 55.1 Å². The summed E-state index contributed by atoms with van der Waals surface area (Å²) in [5.74, 6) is 0.857. The Kier molecular flexibility index (Phi) is 3.57. The van der Waals surface area contributed by atoms with Gasteiger partial charge < -0.3 is 11.1 Å². The van der Waals surface area contributed by atoms with Crippen LogP contribution in [0.15, 0.2) is 24.3 Å². The third-order valence-electron chi connectivity index (χ3n) is 2.91. The average Bonchev–Trinajstić information content (AvgIpc) is 3.11. The number of hydrogen-bond acceptors (Lipinski definition) is 2. The second-order valence-electron chi connectivity index (χ2n) is 4.44. The molecule has 0 spiro atoms. The van der Waals surface area contributed by atoms with Crippen molar-refractivity contribution in [2.75, 3.05) is 6.54 Å². The van der Waals surface area contributed by atoms with E-state index in [0.717, 1.165) is 23.6 Å². The molecule has 86 valence electrons. The molecule has 3 nitrogen and oxygen atoms in total. The Morgan fingerprint density at radius 2 is 1.88 bits per heavy atom. The number of hydrogen-bond donors (Lipinski definition) is 2. The van der Waals surface area contributed by atoms with Gasteiger partial charge in [-0.1, -0.05) is 24.3 Å². The third-order valence-corrected chi connectivity index (χ3v) is 2.91. The summed E-state index contributed by atoms with van der Waals surface area (Å²) in [5, 5.41) is 2.96. The molecule has 1 aliphatic rings. The van der Waals surface area contributed by atoms with Gasteiger partial charge in [0.25, 0.3) is 0 Å². The molecule has 0 heterocycles. The van der Waals surface area contributed by atoms with Crippen LogP contribution >= 0.6 is 0 Å². The number of nitrogens with two attached hydrogens (primary N) is 1. The highest BCUT2D eigenvalue weighted by Crippen LogP contribution is 2.27. The predicted octanol–water partition coefficient (Wildman–Crippen LogP) is 1.21. The van der Waals surface area contributed by atoms with E-state index in [0.29, 0.717) is 13.0 Å². The number of nitrogens with one attached hydrogen (secondary N) is 1. The molecule has 0 aliphatic heterocycles. The van der Waals surface area contributed by atoms with Crippen molar-refractivity contribution in [3.05, 3.63) is 35.4 Å². The molecule has 0 saturated heterocycles. The van der Waals surface area contributed by atoms with Crippen LogP contribution in [0.5, 0.6) is 0 Å². The number of rotatable bonds is 5. The molecule has 3 heteroatoms. The Morgan fingerprint density at radius 1 is 1.25 bits per heavy atom. The summed E-state index contributed by atoms with van der Waals surface area (Å²) in [6.45, 7) is 1.40. The predicted molar refractivity (Wildman–Crippen MR) is 63.8 cm³/mol. The van der Waals surface area contributed by atoms with E-state index in [2.05, 4.69) is 5.32 Å². The average molecular weight is 218 g/mol. The van der Waals surface area contributed by atoms with E-state index in [1.807, 2.05) is 24.3 Å². The minimum atomic E-state index is 0.118. The number of carbonyl (C=O) groups excluding carboxylic acids is 1. The zero-order valence-electron chi connectivity index (χ0n) is 9.41. The first-order valence-electron chi connectivity index (χ1n) is 5.82. The molecule has 1 aromatic rings. The minimum Gasteiger partial charge on any atom is -0.356 e. The quantitative estimate of drug-likeness (QED) is 0.780. The van der Waals surface area contributed by atoms with Crippen LogP contribution in [0.1, 0.15) is 24.0 Å². The van der Waals surface area contributed by atoms with Gasteiger partial charge in [0.15, 0.2) is 0 Å². The van der Waals surface area contributed by atoms with Gasteiger partial charge in [-0.25, -0.2) is 0 Å². The summed E-state index contributed by atoms with van der Waals surface area (Å²) in [7, 11) is 0. The van der Waals surface area contributed by atoms with Gasteiger partial charge in [0.1, 0.15) is 0 Å². The van der Waals surface area contributed by atoms with Crippen molar-refractivity contribution in [2.24, 2.45) is 11.7 Å². The standard InChI is InChI=1S/C13H18N2O/c14-8-11-3-1-10(2-4-11)7-13(16)15-9-12-5-6-12/h1-4,12H,5-9,14H2,(H,15,16). The Bertz CT molecular complexity index is 355. The zero-order valence-corrected chi connectivity index (χ0v) is 9.41. The van der Waals surface area contributed by atoms with Gasteiger partial charge in [-0.05, 0) is 29.9 Å². The first kappa shape index (κ1) is 11.1. The van der Waals surface area contributed by atoms with Crippen LogP contribution in [0.3, 0.4) is 0 Å². The Labute approximate surface area is 96.0 Å². The molecule has 0 aromatic heterocycles. The summed E-state index contributed by atoms with van der Waals surface area (Å²) in [5.41, 5.74) is 7.66. The van der Waals surface area contributed by atoms with Crippen LogP contribution in [0, 0.1) is 5.92 Å². The lowest BCUT2D eigenvalue weighted by molar-refractivity contribution is -0.120. The Morgan fingerprint density at radius 3 is 2.44 bits per heavy atom. The molecule has 1 fully saturated rings. The molecule has 2 rings (SSSR count). The summed E-state index contributed by atoms with van der Waals surface area (Å²) < 4.78 is 0. The van der Waals surface area contributed by atoms with Gasteiger partial charge in [0.2, 0.25) is 5.91 Å². The van der Waals surface area contributed by atoms with Crippen molar-refractivity contribution in [3.63, 3.8) is 0 Å². The molecule has 3 N–H and O–H groups in total. The van der Waals surface area contributed by atoms with Gasteiger partial charge in [-0.15, -0.1) is 0 Å². The lowest BCUT2D eigenvalue weighted by Crippen LogP contribution is -2.27. The van der Waals surface area contributed by atoms with Crippen molar-refractivity contribution in [1.82, 2.24) is 5.32 Å².